The molecule has 0 saturated carbocycles. The van der Waals surface area contributed by atoms with Gasteiger partial charge in [0.15, 0.2) is 5.78 Å². The van der Waals surface area contributed by atoms with Gasteiger partial charge >= 0.3 is 5.69 Å². The number of nitrogens with one attached hydrogen (secondary N) is 1. The van der Waals surface area contributed by atoms with Crippen molar-refractivity contribution in [3.8, 4) is 5.69 Å². The number of halogens is 1. The van der Waals surface area contributed by atoms with Gasteiger partial charge in [0.1, 0.15) is 11.4 Å². The molecule has 0 fully saturated rings. The van der Waals surface area contributed by atoms with Gasteiger partial charge in [-0.05, 0) is 74.9 Å². The van der Waals surface area contributed by atoms with Gasteiger partial charge in [0.05, 0.1) is 23.3 Å². The minimum atomic E-state index is -0.624. The number of anilines is 1. The molecule has 3 heterocycles. The summed E-state index contributed by atoms with van der Waals surface area (Å²) in [6, 6.07) is 12.9. The molecular weight excluding hydrogens is 514 g/mol. The third-order valence-corrected chi connectivity index (χ3v) is 7.80. The SMILES string of the molecule is CC(=O)c1ccc(NC(=O)Cn2c(=O)n(-c3ccc(Cl)cc3)c(=O)c3c4c(sc32)COC(C)(C)C4)cc1. The van der Waals surface area contributed by atoms with E-state index in [1.165, 1.54) is 22.8 Å². The van der Waals surface area contributed by atoms with Gasteiger partial charge in [-0.1, -0.05) is 11.6 Å². The molecule has 1 amide bonds. The quantitative estimate of drug-likeness (QED) is 0.376. The van der Waals surface area contributed by atoms with Gasteiger partial charge in [-0.2, -0.15) is 0 Å². The molecule has 1 aliphatic rings. The molecule has 2 aromatic carbocycles. The molecule has 0 saturated heterocycles. The Morgan fingerprint density at radius 3 is 2.41 bits per heavy atom. The van der Waals surface area contributed by atoms with Gasteiger partial charge in [0.25, 0.3) is 5.56 Å². The number of hydrogen-bond donors (Lipinski definition) is 1. The summed E-state index contributed by atoms with van der Waals surface area (Å²) in [5, 5.41) is 3.66. The molecule has 0 spiro atoms. The fourth-order valence-electron chi connectivity index (χ4n) is 4.45. The Labute approximate surface area is 221 Å². The Bertz CT molecular complexity index is 1660. The van der Waals surface area contributed by atoms with Crippen molar-refractivity contribution >= 4 is 50.5 Å². The molecule has 37 heavy (non-hydrogen) atoms. The number of aromatic nitrogens is 2. The van der Waals surface area contributed by atoms with Crippen LogP contribution < -0.4 is 16.6 Å². The topological polar surface area (TPSA) is 99.4 Å². The maximum absolute atomic E-state index is 13.7. The number of carbonyl (C=O) groups is 2. The van der Waals surface area contributed by atoms with Crippen LogP contribution in [0, 0.1) is 0 Å². The second kappa shape index (κ2) is 9.41. The van der Waals surface area contributed by atoms with Crippen LogP contribution in [0.3, 0.4) is 0 Å². The Hall–Kier alpha value is -3.53. The number of fused-ring (bicyclic) bond motifs is 3. The summed E-state index contributed by atoms with van der Waals surface area (Å²) in [5.41, 5.74) is 0.698. The summed E-state index contributed by atoms with van der Waals surface area (Å²) in [7, 11) is 0. The number of amides is 1. The van der Waals surface area contributed by atoms with Crippen LogP contribution in [0.1, 0.15) is 41.6 Å². The highest BCUT2D eigenvalue weighted by atomic mass is 35.5. The zero-order valence-corrected chi connectivity index (χ0v) is 22.0. The summed E-state index contributed by atoms with van der Waals surface area (Å²) in [4.78, 5) is 53.3. The maximum Gasteiger partial charge on any atom is 0.337 e. The maximum atomic E-state index is 13.7. The number of benzene rings is 2. The summed E-state index contributed by atoms with van der Waals surface area (Å²) in [5.74, 6) is -0.520. The zero-order chi connectivity index (χ0) is 26.5. The Kier molecular flexibility index (Phi) is 6.39. The third-order valence-electron chi connectivity index (χ3n) is 6.31. The van der Waals surface area contributed by atoms with Crippen LogP contribution in [0.4, 0.5) is 5.69 Å². The van der Waals surface area contributed by atoms with Crippen molar-refractivity contribution in [1.82, 2.24) is 9.13 Å². The van der Waals surface area contributed by atoms with Crippen LogP contribution in [0.15, 0.2) is 58.1 Å². The fraction of sp³-hybridized carbons (Fsp3) is 0.259. The number of thiophene rings is 1. The Morgan fingerprint density at radius 2 is 1.76 bits per heavy atom. The highest BCUT2D eigenvalue weighted by Crippen LogP contribution is 2.37. The third kappa shape index (κ3) is 4.77. The molecule has 1 aliphatic heterocycles. The van der Waals surface area contributed by atoms with Crippen molar-refractivity contribution in [3.63, 3.8) is 0 Å². The van der Waals surface area contributed by atoms with Crippen LogP contribution in [0.5, 0.6) is 0 Å². The first kappa shape index (κ1) is 25.1. The van der Waals surface area contributed by atoms with Crippen molar-refractivity contribution < 1.29 is 14.3 Å². The van der Waals surface area contributed by atoms with Crippen molar-refractivity contribution in [1.29, 1.82) is 0 Å². The standard InChI is InChI=1S/C27H24ClN3O5S/c1-15(32)16-4-8-18(9-5-16)29-22(33)13-30-25-23(20-12-27(2,3)36-14-21(20)37-25)24(34)31(26(30)35)19-10-6-17(28)7-11-19/h4-11H,12-14H2,1-3H3,(H,29,33). The predicted molar refractivity (Wildman–Crippen MR) is 144 cm³/mol. The molecule has 0 unspecified atom stereocenters. The van der Waals surface area contributed by atoms with E-state index in [0.717, 1.165) is 15.0 Å². The number of carbonyl (C=O) groups excluding carboxylic acids is 2. The van der Waals surface area contributed by atoms with E-state index in [1.807, 2.05) is 13.8 Å². The summed E-state index contributed by atoms with van der Waals surface area (Å²) in [6.45, 7) is 5.40. The average Bonchev–Trinajstić information content (AvgIpc) is 3.21. The lowest BCUT2D eigenvalue weighted by molar-refractivity contribution is -0.116. The van der Waals surface area contributed by atoms with E-state index >= 15 is 0 Å². The first-order valence-electron chi connectivity index (χ1n) is 11.6. The van der Waals surface area contributed by atoms with Crippen molar-refractivity contribution in [3.05, 3.63) is 90.4 Å². The summed E-state index contributed by atoms with van der Waals surface area (Å²) >= 11 is 7.33. The highest BCUT2D eigenvalue weighted by Gasteiger charge is 2.32. The lowest BCUT2D eigenvalue weighted by atomic mass is 9.94. The number of ketones is 1. The van der Waals surface area contributed by atoms with Crippen LogP contribution in [0.2, 0.25) is 5.02 Å². The molecule has 4 aromatic rings. The summed E-state index contributed by atoms with van der Waals surface area (Å²) < 4.78 is 8.36. The summed E-state index contributed by atoms with van der Waals surface area (Å²) in [6.07, 6.45) is 0.505. The van der Waals surface area contributed by atoms with E-state index in [0.29, 0.717) is 45.2 Å². The lowest BCUT2D eigenvalue weighted by Crippen LogP contribution is -2.41. The van der Waals surface area contributed by atoms with Crippen LogP contribution >= 0.6 is 22.9 Å². The fourth-order valence-corrected chi connectivity index (χ4v) is 5.79. The van der Waals surface area contributed by atoms with Gasteiger partial charge in [-0.15, -0.1) is 11.3 Å². The average molecular weight is 538 g/mol. The van der Waals surface area contributed by atoms with Gasteiger partial charge < -0.3 is 10.1 Å². The molecule has 0 aliphatic carbocycles. The van der Waals surface area contributed by atoms with E-state index < -0.39 is 22.8 Å². The van der Waals surface area contributed by atoms with Crippen molar-refractivity contribution in [2.45, 2.75) is 45.9 Å². The lowest BCUT2D eigenvalue weighted by Gasteiger charge is -2.29. The van der Waals surface area contributed by atoms with Gasteiger partial charge in [-0.25, -0.2) is 9.36 Å². The number of nitrogens with zero attached hydrogens (tertiary/aromatic N) is 2. The highest BCUT2D eigenvalue weighted by molar-refractivity contribution is 7.18. The molecule has 1 N–H and O–H groups in total. The minimum absolute atomic E-state index is 0.0786. The van der Waals surface area contributed by atoms with Gasteiger partial charge in [-0.3, -0.25) is 19.0 Å². The molecular formula is C27H24ClN3O5S. The van der Waals surface area contributed by atoms with E-state index in [2.05, 4.69) is 5.32 Å². The Morgan fingerprint density at radius 1 is 1.08 bits per heavy atom. The van der Waals surface area contributed by atoms with Gasteiger partial charge in [0, 0.05) is 27.6 Å². The van der Waals surface area contributed by atoms with E-state index in [1.54, 1.807) is 48.5 Å². The second-order valence-electron chi connectivity index (χ2n) is 9.58. The van der Waals surface area contributed by atoms with Crippen molar-refractivity contribution in [2.75, 3.05) is 5.32 Å². The number of ether oxygens (including phenoxy) is 1. The predicted octanol–water partition coefficient (Wildman–Crippen LogP) is 4.56. The zero-order valence-electron chi connectivity index (χ0n) is 20.5. The van der Waals surface area contributed by atoms with Gasteiger partial charge in [0.2, 0.25) is 5.91 Å². The second-order valence-corrected chi connectivity index (χ2v) is 11.1. The smallest absolute Gasteiger partial charge is 0.337 e. The molecule has 190 valence electrons. The molecule has 2 aromatic heterocycles. The van der Waals surface area contributed by atoms with E-state index in [4.69, 9.17) is 16.3 Å². The minimum Gasteiger partial charge on any atom is -0.370 e. The number of rotatable bonds is 5. The first-order valence-corrected chi connectivity index (χ1v) is 12.8. The van der Waals surface area contributed by atoms with Crippen LogP contribution in [-0.2, 0) is 29.1 Å². The van der Waals surface area contributed by atoms with Crippen LogP contribution in [-0.4, -0.2) is 26.4 Å². The largest absolute Gasteiger partial charge is 0.370 e. The normalized spacial score (nSPS) is 14.4. The first-order chi connectivity index (χ1) is 17.5. The molecule has 0 radical (unpaired) electrons. The van der Waals surface area contributed by atoms with E-state index in [-0.39, 0.29) is 12.3 Å². The molecule has 0 bridgehead atoms. The molecule has 0 atom stereocenters. The molecule has 10 heteroatoms. The van der Waals surface area contributed by atoms with Crippen LogP contribution in [0.25, 0.3) is 15.9 Å². The van der Waals surface area contributed by atoms with Crippen molar-refractivity contribution in [2.24, 2.45) is 0 Å². The Balaban J connectivity index is 1.63. The molecule has 8 nitrogen and oxygen atoms in total. The monoisotopic (exact) mass is 537 g/mol. The molecule has 5 rings (SSSR count). The number of hydrogen-bond acceptors (Lipinski definition) is 6. The van der Waals surface area contributed by atoms with E-state index in [9.17, 15) is 19.2 Å². The number of Topliss-reactive ketones (excluding diaryl/α,β-unsaturated/α-hetero) is 1.